The Hall–Kier alpha value is -2.53. The Bertz CT molecular complexity index is 713. The van der Waals surface area contributed by atoms with Gasteiger partial charge in [0.2, 0.25) is 12.3 Å². The second kappa shape index (κ2) is 7.65. The smallest absolute Gasteiger partial charge is 0.247 e. The summed E-state index contributed by atoms with van der Waals surface area (Å²) in [5, 5.41) is 8.21. The zero-order valence-electron chi connectivity index (χ0n) is 12.3. The molecule has 1 aromatic heterocycles. The lowest BCUT2D eigenvalue weighted by Crippen LogP contribution is -2.04. The van der Waals surface area contributed by atoms with Crippen LogP contribution in [0.15, 0.2) is 59.3 Å². The van der Waals surface area contributed by atoms with E-state index in [-0.39, 0.29) is 0 Å². The average molecular weight is 331 g/mol. The van der Waals surface area contributed by atoms with Crippen molar-refractivity contribution in [2.24, 2.45) is 0 Å². The van der Waals surface area contributed by atoms with Crippen LogP contribution in [0.4, 0.5) is 0 Å². The Morgan fingerprint density at radius 1 is 0.870 bits per heavy atom. The molecule has 0 spiro atoms. The molecule has 5 nitrogen and oxygen atoms in total. The molecule has 3 rings (SSSR count). The van der Waals surface area contributed by atoms with Gasteiger partial charge in [-0.15, -0.1) is 10.2 Å². The van der Waals surface area contributed by atoms with Crippen LogP contribution in [0.3, 0.4) is 0 Å². The molecule has 0 aliphatic rings. The second-order valence-corrected chi connectivity index (χ2v) is 5.21. The first-order chi connectivity index (χ1) is 11.3. The summed E-state index contributed by atoms with van der Waals surface area (Å²) in [6, 6.07) is 14.8. The van der Waals surface area contributed by atoms with Gasteiger partial charge in [-0.25, -0.2) is 0 Å². The van der Waals surface area contributed by atoms with Gasteiger partial charge in [0.05, 0.1) is 13.2 Å². The standard InChI is InChI=1S/C17H15ClN2O3/c18-14-4-8-16(9-5-14)22-11-1-10-21-15-6-2-13(3-7-15)17-20-19-12-23-17/h2-9,12H,1,10-11H2. The fourth-order valence-electron chi connectivity index (χ4n) is 1.96. The highest BCUT2D eigenvalue weighted by Gasteiger charge is 2.03. The summed E-state index contributed by atoms with van der Waals surface area (Å²) in [4.78, 5) is 0. The third-order valence-corrected chi connectivity index (χ3v) is 3.35. The minimum Gasteiger partial charge on any atom is -0.493 e. The lowest BCUT2D eigenvalue weighted by atomic mass is 10.2. The van der Waals surface area contributed by atoms with Gasteiger partial charge >= 0.3 is 0 Å². The van der Waals surface area contributed by atoms with E-state index in [4.69, 9.17) is 25.5 Å². The van der Waals surface area contributed by atoms with Gasteiger partial charge in [-0.3, -0.25) is 0 Å². The number of hydrogen-bond acceptors (Lipinski definition) is 5. The number of hydrogen-bond donors (Lipinski definition) is 0. The minimum atomic E-state index is 0.493. The molecule has 0 aliphatic carbocycles. The molecule has 0 atom stereocenters. The van der Waals surface area contributed by atoms with Gasteiger partial charge in [-0.1, -0.05) is 11.6 Å². The maximum absolute atomic E-state index is 5.82. The molecule has 23 heavy (non-hydrogen) atoms. The van der Waals surface area contributed by atoms with Gasteiger partial charge in [0.25, 0.3) is 0 Å². The Kier molecular flexibility index (Phi) is 5.11. The summed E-state index contributed by atoms with van der Waals surface area (Å²) in [7, 11) is 0. The molecule has 6 heteroatoms. The van der Waals surface area contributed by atoms with Crippen LogP contribution in [-0.2, 0) is 0 Å². The number of ether oxygens (including phenoxy) is 2. The Balaban J connectivity index is 1.39. The molecule has 118 valence electrons. The van der Waals surface area contributed by atoms with Gasteiger partial charge in [-0.2, -0.15) is 0 Å². The number of aromatic nitrogens is 2. The monoisotopic (exact) mass is 330 g/mol. The summed E-state index contributed by atoms with van der Waals surface area (Å²) in [5.41, 5.74) is 0.862. The molecular formula is C17H15ClN2O3. The van der Waals surface area contributed by atoms with E-state index in [0.29, 0.717) is 24.1 Å². The van der Waals surface area contributed by atoms with E-state index in [1.54, 1.807) is 12.1 Å². The van der Waals surface area contributed by atoms with Gasteiger partial charge in [0.15, 0.2) is 0 Å². The number of nitrogens with zero attached hydrogens (tertiary/aromatic N) is 2. The van der Waals surface area contributed by atoms with Crippen molar-refractivity contribution in [3.05, 3.63) is 59.9 Å². The molecule has 0 radical (unpaired) electrons. The quantitative estimate of drug-likeness (QED) is 0.606. The number of rotatable bonds is 7. The first-order valence-corrected chi connectivity index (χ1v) is 7.57. The van der Waals surface area contributed by atoms with Crippen LogP contribution in [0.2, 0.25) is 5.02 Å². The fraction of sp³-hybridized carbons (Fsp3) is 0.176. The molecule has 0 unspecified atom stereocenters. The van der Waals surface area contributed by atoms with E-state index in [0.717, 1.165) is 23.5 Å². The molecular weight excluding hydrogens is 316 g/mol. The molecule has 0 amide bonds. The summed E-state index contributed by atoms with van der Waals surface area (Å²) in [6.07, 6.45) is 2.09. The highest BCUT2D eigenvalue weighted by molar-refractivity contribution is 6.30. The zero-order chi connectivity index (χ0) is 15.9. The molecule has 0 saturated heterocycles. The fourth-order valence-corrected chi connectivity index (χ4v) is 2.09. The van der Waals surface area contributed by atoms with Crippen LogP contribution in [0.5, 0.6) is 11.5 Å². The highest BCUT2D eigenvalue weighted by Crippen LogP contribution is 2.20. The molecule has 2 aromatic carbocycles. The van der Waals surface area contributed by atoms with Crippen LogP contribution in [-0.4, -0.2) is 23.4 Å². The van der Waals surface area contributed by atoms with E-state index in [1.807, 2.05) is 36.4 Å². The van der Waals surface area contributed by atoms with Crippen molar-refractivity contribution < 1.29 is 13.9 Å². The molecule has 0 N–H and O–H groups in total. The first kappa shape index (κ1) is 15.4. The van der Waals surface area contributed by atoms with Gasteiger partial charge in [0, 0.05) is 17.0 Å². The van der Waals surface area contributed by atoms with E-state index < -0.39 is 0 Å². The topological polar surface area (TPSA) is 57.4 Å². The van der Waals surface area contributed by atoms with E-state index in [1.165, 1.54) is 6.39 Å². The van der Waals surface area contributed by atoms with Crippen LogP contribution >= 0.6 is 11.6 Å². The molecule has 0 bridgehead atoms. The van der Waals surface area contributed by atoms with Crippen molar-refractivity contribution in [2.45, 2.75) is 6.42 Å². The van der Waals surface area contributed by atoms with Crippen molar-refractivity contribution in [3.8, 4) is 23.0 Å². The highest BCUT2D eigenvalue weighted by atomic mass is 35.5. The average Bonchev–Trinajstić information content (AvgIpc) is 3.11. The van der Waals surface area contributed by atoms with Crippen LogP contribution in [0.25, 0.3) is 11.5 Å². The van der Waals surface area contributed by atoms with Crippen LogP contribution in [0, 0.1) is 0 Å². The zero-order valence-corrected chi connectivity index (χ0v) is 13.1. The molecule has 0 fully saturated rings. The maximum Gasteiger partial charge on any atom is 0.247 e. The molecule has 0 saturated carbocycles. The Morgan fingerprint density at radius 2 is 1.48 bits per heavy atom. The summed E-state index contributed by atoms with van der Waals surface area (Å²) in [6.45, 7) is 1.16. The largest absolute Gasteiger partial charge is 0.493 e. The SMILES string of the molecule is Clc1ccc(OCCCOc2ccc(-c3nnco3)cc2)cc1. The third-order valence-electron chi connectivity index (χ3n) is 3.10. The summed E-state index contributed by atoms with van der Waals surface area (Å²) < 4.78 is 16.4. The van der Waals surface area contributed by atoms with Crippen molar-refractivity contribution >= 4 is 11.6 Å². The lowest BCUT2D eigenvalue weighted by molar-refractivity contribution is 0.247. The Labute approximate surface area is 138 Å². The second-order valence-electron chi connectivity index (χ2n) is 4.77. The summed E-state index contributed by atoms with van der Waals surface area (Å²) in [5.74, 6) is 2.09. The molecule has 1 heterocycles. The Morgan fingerprint density at radius 3 is 2.04 bits per heavy atom. The predicted octanol–water partition coefficient (Wildman–Crippen LogP) is 4.24. The van der Waals surface area contributed by atoms with Crippen LogP contribution in [0.1, 0.15) is 6.42 Å². The van der Waals surface area contributed by atoms with Crippen LogP contribution < -0.4 is 9.47 Å². The molecule has 0 aliphatic heterocycles. The van der Waals surface area contributed by atoms with E-state index in [2.05, 4.69) is 10.2 Å². The van der Waals surface area contributed by atoms with Crippen molar-refractivity contribution in [2.75, 3.05) is 13.2 Å². The van der Waals surface area contributed by atoms with Crippen molar-refractivity contribution in [3.63, 3.8) is 0 Å². The predicted molar refractivity (Wildman–Crippen MR) is 86.8 cm³/mol. The molecule has 3 aromatic rings. The number of halogens is 1. The minimum absolute atomic E-state index is 0.493. The summed E-state index contributed by atoms with van der Waals surface area (Å²) >= 11 is 5.82. The first-order valence-electron chi connectivity index (χ1n) is 7.19. The lowest BCUT2D eigenvalue weighted by Gasteiger charge is -2.08. The van der Waals surface area contributed by atoms with Gasteiger partial charge < -0.3 is 13.9 Å². The van der Waals surface area contributed by atoms with Crippen molar-refractivity contribution in [1.82, 2.24) is 10.2 Å². The maximum atomic E-state index is 5.82. The van der Waals surface area contributed by atoms with Gasteiger partial charge in [-0.05, 0) is 48.5 Å². The van der Waals surface area contributed by atoms with Crippen molar-refractivity contribution in [1.29, 1.82) is 0 Å². The van der Waals surface area contributed by atoms with E-state index in [9.17, 15) is 0 Å². The van der Waals surface area contributed by atoms with E-state index >= 15 is 0 Å². The van der Waals surface area contributed by atoms with Gasteiger partial charge in [0.1, 0.15) is 11.5 Å². The third kappa shape index (κ3) is 4.47. The number of benzene rings is 2. The normalized spacial score (nSPS) is 10.5.